The quantitative estimate of drug-likeness (QED) is 0.884. The monoisotopic (exact) mass is 245 g/mol. The van der Waals surface area contributed by atoms with Gasteiger partial charge in [0.15, 0.2) is 0 Å². The highest BCUT2D eigenvalue weighted by atomic mass is 16.5. The Morgan fingerprint density at radius 2 is 2.11 bits per heavy atom. The van der Waals surface area contributed by atoms with E-state index >= 15 is 0 Å². The van der Waals surface area contributed by atoms with Gasteiger partial charge >= 0.3 is 0 Å². The second-order valence-electron chi connectivity index (χ2n) is 3.89. The molecule has 0 unspecified atom stereocenters. The summed E-state index contributed by atoms with van der Waals surface area (Å²) in [6.45, 7) is 0.484. The van der Waals surface area contributed by atoms with E-state index in [1.807, 2.05) is 30.3 Å². The summed E-state index contributed by atoms with van der Waals surface area (Å²) in [7, 11) is 3.24. The van der Waals surface area contributed by atoms with Gasteiger partial charge in [-0.25, -0.2) is 0 Å². The SMILES string of the molecule is COc1nn(C)cc1C(=O)NCc1ccccc1. The lowest BCUT2D eigenvalue weighted by Crippen LogP contribution is -2.22. The van der Waals surface area contributed by atoms with Crippen molar-refractivity contribution in [2.24, 2.45) is 7.05 Å². The van der Waals surface area contributed by atoms with Gasteiger partial charge in [0, 0.05) is 19.8 Å². The molecule has 0 radical (unpaired) electrons. The van der Waals surface area contributed by atoms with Crippen molar-refractivity contribution in [1.82, 2.24) is 15.1 Å². The van der Waals surface area contributed by atoms with Gasteiger partial charge in [-0.1, -0.05) is 30.3 Å². The molecule has 1 heterocycles. The van der Waals surface area contributed by atoms with E-state index in [2.05, 4.69) is 10.4 Å². The molecule has 0 aliphatic heterocycles. The number of carbonyl (C=O) groups is 1. The number of aryl methyl sites for hydroxylation is 1. The molecular formula is C13H15N3O2. The molecular weight excluding hydrogens is 230 g/mol. The summed E-state index contributed by atoms with van der Waals surface area (Å²) in [5.74, 6) is 0.145. The first-order valence-corrected chi connectivity index (χ1v) is 5.60. The standard InChI is InChI=1S/C13H15N3O2/c1-16-9-11(13(15-16)18-2)12(17)14-8-10-6-4-3-5-7-10/h3-7,9H,8H2,1-2H3,(H,14,17). The van der Waals surface area contributed by atoms with Crippen LogP contribution in [0.5, 0.6) is 5.88 Å². The Bertz CT molecular complexity index is 534. The zero-order valence-electron chi connectivity index (χ0n) is 10.4. The fraction of sp³-hybridized carbons (Fsp3) is 0.231. The van der Waals surface area contributed by atoms with E-state index in [-0.39, 0.29) is 5.91 Å². The Labute approximate surface area is 105 Å². The van der Waals surface area contributed by atoms with Crippen molar-refractivity contribution in [3.8, 4) is 5.88 Å². The number of aromatic nitrogens is 2. The molecule has 5 heteroatoms. The summed E-state index contributed by atoms with van der Waals surface area (Å²) < 4.78 is 6.60. The lowest BCUT2D eigenvalue weighted by Gasteiger charge is -2.04. The van der Waals surface area contributed by atoms with Gasteiger partial charge in [-0.15, -0.1) is 5.10 Å². The van der Waals surface area contributed by atoms with E-state index < -0.39 is 0 Å². The molecule has 1 aromatic carbocycles. The fourth-order valence-corrected chi connectivity index (χ4v) is 1.65. The highest BCUT2D eigenvalue weighted by Gasteiger charge is 2.15. The molecule has 0 saturated carbocycles. The number of benzene rings is 1. The van der Waals surface area contributed by atoms with Gasteiger partial charge in [0.1, 0.15) is 5.56 Å². The minimum atomic E-state index is -0.191. The van der Waals surface area contributed by atoms with E-state index in [1.54, 1.807) is 17.9 Å². The molecule has 0 bridgehead atoms. The first-order chi connectivity index (χ1) is 8.70. The van der Waals surface area contributed by atoms with Crippen LogP contribution >= 0.6 is 0 Å². The lowest BCUT2D eigenvalue weighted by atomic mass is 10.2. The Kier molecular flexibility index (Phi) is 3.62. The molecule has 0 atom stereocenters. The van der Waals surface area contributed by atoms with Crippen molar-refractivity contribution in [3.05, 3.63) is 47.7 Å². The molecule has 0 aliphatic rings. The molecule has 0 fully saturated rings. The number of methoxy groups -OCH3 is 1. The van der Waals surface area contributed by atoms with Gasteiger partial charge in [0.25, 0.3) is 5.91 Å². The predicted molar refractivity (Wildman–Crippen MR) is 67.4 cm³/mol. The maximum Gasteiger partial charge on any atom is 0.258 e. The van der Waals surface area contributed by atoms with E-state index in [9.17, 15) is 4.79 Å². The second-order valence-corrected chi connectivity index (χ2v) is 3.89. The maximum atomic E-state index is 12.0. The van der Waals surface area contributed by atoms with Crippen LogP contribution in [0, 0.1) is 0 Å². The highest BCUT2D eigenvalue weighted by Crippen LogP contribution is 2.14. The summed E-state index contributed by atoms with van der Waals surface area (Å²) in [6.07, 6.45) is 1.64. The molecule has 2 rings (SSSR count). The Hall–Kier alpha value is -2.30. The second kappa shape index (κ2) is 5.35. The number of rotatable bonds is 4. The normalized spacial score (nSPS) is 10.1. The number of amides is 1. The fourth-order valence-electron chi connectivity index (χ4n) is 1.65. The molecule has 0 aliphatic carbocycles. The van der Waals surface area contributed by atoms with Crippen molar-refractivity contribution in [2.45, 2.75) is 6.54 Å². The molecule has 18 heavy (non-hydrogen) atoms. The summed E-state index contributed by atoms with van der Waals surface area (Å²) >= 11 is 0. The molecule has 2 aromatic rings. The van der Waals surface area contributed by atoms with Gasteiger partial charge in [-0.05, 0) is 5.56 Å². The molecule has 0 spiro atoms. The first-order valence-electron chi connectivity index (χ1n) is 5.60. The summed E-state index contributed by atoms with van der Waals surface area (Å²) in [4.78, 5) is 12.0. The van der Waals surface area contributed by atoms with Crippen molar-refractivity contribution < 1.29 is 9.53 Å². The van der Waals surface area contributed by atoms with Crippen LogP contribution in [-0.4, -0.2) is 22.8 Å². The third-order valence-electron chi connectivity index (χ3n) is 2.53. The van der Waals surface area contributed by atoms with Gasteiger partial charge in [0.2, 0.25) is 5.88 Å². The van der Waals surface area contributed by atoms with Crippen LogP contribution in [0.2, 0.25) is 0 Å². The first kappa shape index (κ1) is 12.2. The molecule has 94 valence electrons. The van der Waals surface area contributed by atoms with Crippen molar-refractivity contribution in [2.75, 3.05) is 7.11 Å². The van der Waals surface area contributed by atoms with Gasteiger partial charge in [-0.3, -0.25) is 9.48 Å². The number of hydrogen-bond acceptors (Lipinski definition) is 3. The smallest absolute Gasteiger partial charge is 0.258 e. The molecule has 0 saturated heterocycles. The van der Waals surface area contributed by atoms with Crippen molar-refractivity contribution in [3.63, 3.8) is 0 Å². The Balaban J connectivity index is 2.04. The van der Waals surface area contributed by atoms with Crippen LogP contribution in [0.4, 0.5) is 0 Å². The van der Waals surface area contributed by atoms with Crippen LogP contribution in [0.1, 0.15) is 15.9 Å². The Morgan fingerprint density at radius 1 is 1.39 bits per heavy atom. The number of ether oxygens (including phenoxy) is 1. The predicted octanol–water partition coefficient (Wildman–Crippen LogP) is 1.36. The van der Waals surface area contributed by atoms with E-state index in [0.29, 0.717) is 18.0 Å². The number of hydrogen-bond donors (Lipinski definition) is 1. The van der Waals surface area contributed by atoms with Crippen LogP contribution in [0.15, 0.2) is 36.5 Å². The lowest BCUT2D eigenvalue weighted by molar-refractivity contribution is 0.0948. The molecule has 5 nitrogen and oxygen atoms in total. The van der Waals surface area contributed by atoms with Crippen LogP contribution < -0.4 is 10.1 Å². The molecule has 1 amide bonds. The highest BCUT2D eigenvalue weighted by molar-refractivity contribution is 5.96. The van der Waals surface area contributed by atoms with Gasteiger partial charge in [0.05, 0.1) is 7.11 Å². The largest absolute Gasteiger partial charge is 0.479 e. The number of carbonyl (C=O) groups excluding carboxylic acids is 1. The maximum absolute atomic E-state index is 12.0. The zero-order valence-corrected chi connectivity index (χ0v) is 10.4. The topological polar surface area (TPSA) is 56.2 Å². The molecule has 1 N–H and O–H groups in total. The Morgan fingerprint density at radius 3 is 2.78 bits per heavy atom. The van der Waals surface area contributed by atoms with Crippen molar-refractivity contribution >= 4 is 5.91 Å². The van der Waals surface area contributed by atoms with Crippen molar-refractivity contribution in [1.29, 1.82) is 0 Å². The summed E-state index contributed by atoms with van der Waals surface area (Å²) in [6, 6.07) is 9.73. The average Bonchev–Trinajstić information content (AvgIpc) is 2.78. The van der Waals surface area contributed by atoms with Crippen LogP contribution in [0.25, 0.3) is 0 Å². The number of nitrogens with one attached hydrogen (secondary N) is 1. The van der Waals surface area contributed by atoms with Crippen LogP contribution in [-0.2, 0) is 13.6 Å². The summed E-state index contributed by atoms with van der Waals surface area (Å²) in [5.41, 5.74) is 1.49. The van der Waals surface area contributed by atoms with Gasteiger partial charge in [-0.2, -0.15) is 0 Å². The minimum Gasteiger partial charge on any atom is -0.479 e. The van der Waals surface area contributed by atoms with E-state index in [4.69, 9.17) is 4.74 Å². The van der Waals surface area contributed by atoms with Crippen LogP contribution in [0.3, 0.4) is 0 Å². The van der Waals surface area contributed by atoms with E-state index in [1.165, 1.54) is 7.11 Å². The number of nitrogens with zero attached hydrogens (tertiary/aromatic N) is 2. The average molecular weight is 245 g/mol. The summed E-state index contributed by atoms with van der Waals surface area (Å²) in [5, 5.41) is 6.87. The molecule has 1 aromatic heterocycles. The zero-order chi connectivity index (χ0) is 13.0. The van der Waals surface area contributed by atoms with Gasteiger partial charge < -0.3 is 10.1 Å². The third kappa shape index (κ3) is 2.68. The third-order valence-corrected chi connectivity index (χ3v) is 2.53. The van der Waals surface area contributed by atoms with E-state index in [0.717, 1.165) is 5.56 Å². The minimum absolute atomic E-state index is 0.191.